The van der Waals surface area contributed by atoms with E-state index in [2.05, 4.69) is 26.8 Å². The molecular formula is C23H20F3N5O4. The number of likely N-dealkylation sites (tertiary alicyclic amines) is 1. The van der Waals surface area contributed by atoms with Gasteiger partial charge in [0.1, 0.15) is 11.3 Å². The lowest BCUT2D eigenvalue weighted by Crippen LogP contribution is -2.37. The number of anilines is 1. The number of nitrogens with two attached hydrogens (primary N) is 1. The molecule has 0 bridgehead atoms. The Morgan fingerprint density at radius 2 is 1.94 bits per heavy atom. The standard InChI is InChI=1S/C21H19N5O2.C2HF3O2/c1-13-16-7-10-23-18(22)17(16)25-19(24-13)15-5-3-4-14(12-15)6-8-21(28)9-11-26(2)20(21)27;3-2(4,5)1(6)7/h3-5,7,10,12,28H,9,11H2,1-2H3,(H2,22,23);(H,6,7)/t21-;/m0./s1. The zero-order valence-corrected chi connectivity index (χ0v) is 18.6. The molecule has 0 unspecified atom stereocenters. The van der Waals surface area contributed by atoms with Gasteiger partial charge in [-0.25, -0.2) is 19.7 Å². The lowest BCUT2D eigenvalue weighted by atomic mass is 10.0. The number of pyridine rings is 1. The molecule has 1 atom stereocenters. The summed E-state index contributed by atoms with van der Waals surface area (Å²) < 4.78 is 31.7. The van der Waals surface area contributed by atoms with Gasteiger partial charge in [0.2, 0.25) is 5.60 Å². The summed E-state index contributed by atoms with van der Waals surface area (Å²) in [6.45, 7) is 2.39. The molecule has 182 valence electrons. The number of amides is 1. The molecule has 1 aromatic carbocycles. The molecular weight excluding hydrogens is 467 g/mol. The number of carbonyl (C=O) groups excluding carboxylic acids is 1. The largest absolute Gasteiger partial charge is 0.490 e. The molecule has 0 spiro atoms. The smallest absolute Gasteiger partial charge is 0.475 e. The van der Waals surface area contributed by atoms with E-state index in [1.807, 2.05) is 37.3 Å². The van der Waals surface area contributed by atoms with Crippen molar-refractivity contribution in [1.82, 2.24) is 19.9 Å². The van der Waals surface area contributed by atoms with E-state index in [9.17, 15) is 23.1 Å². The summed E-state index contributed by atoms with van der Waals surface area (Å²) in [5.74, 6) is 3.38. The molecule has 1 aliphatic rings. The fraction of sp³-hybridized carbons (Fsp3) is 0.261. The van der Waals surface area contributed by atoms with Gasteiger partial charge in [0, 0.05) is 48.4 Å². The zero-order valence-electron chi connectivity index (χ0n) is 18.6. The average Bonchev–Trinajstić information content (AvgIpc) is 3.06. The van der Waals surface area contributed by atoms with Gasteiger partial charge in [-0.05, 0) is 25.1 Å². The highest BCUT2D eigenvalue weighted by atomic mass is 19.4. The monoisotopic (exact) mass is 487 g/mol. The van der Waals surface area contributed by atoms with Gasteiger partial charge in [-0.15, -0.1) is 0 Å². The molecule has 4 rings (SSSR count). The van der Waals surface area contributed by atoms with Crippen LogP contribution in [0, 0.1) is 18.8 Å². The predicted octanol–water partition coefficient (Wildman–Crippen LogP) is 2.16. The number of nitrogen functional groups attached to an aromatic ring is 1. The SMILES string of the molecule is Cc1nc(-c2cccc(C#C[C@]3(O)CCN(C)C3=O)c2)nc2c(N)nccc12.O=C(O)C(F)(F)F. The Labute approximate surface area is 197 Å². The molecule has 3 heterocycles. The Bertz CT molecular complexity index is 1370. The molecule has 0 aliphatic carbocycles. The van der Waals surface area contributed by atoms with Crippen LogP contribution in [0.25, 0.3) is 22.3 Å². The van der Waals surface area contributed by atoms with E-state index >= 15 is 0 Å². The topological polar surface area (TPSA) is 143 Å². The maximum atomic E-state index is 12.1. The van der Waals surface area contributed by atoms with E-state index < -0.39 is 17.7 Å². The number of hydrogen-bond donors (Lipinski definition) is 3. The molecule has 1 fully saturated rings. The number of fused-ring (bicyclic) bond motifs is 1. The molecule has 1 amide bonds. The van der Waals surface area contributed by atoms with Crippen molar-refractivity contribution in [3.8, 4) is 23.2 Å². The number of alkyl halides is 3. The van der Waals surface area contributed by atoms with Gasteiger partial charge in [-0.3, -0.25) is 4.79 Å². The Hall–Kier alpha value is -4.24. The summed E-state index contributed by atoms with van der Waals surface area (Å²) >= 11 is 0. The van der Waals surface area contributed by atoms with Crippen LogP contribution in [-0.2, 0) is 9.59 Å². The Morgan fingerprint density at radius 3 is 2.54 bits per heavy atom. The van der Waals surface area contributed by atoms with E-state index in [0.29, 0.717) is 35.7 Å². The van der Waals surface area contributed by atoms with Crippen LogP contribution in [0.4, 0.5) is 19.0 Å². The van der Waals surface area contributed by atoms with Gasteiger partial charge >= 0.3 is 12.1 Å². The molecule has 4 N–H and O–H groups in total. The van der Waals surface area contributed by atoms with E-state index in [-0.39, 0.29) is 5.91 Å². The van der Waals surface area contributed by atoms with Crippen molar-refractivity contribution in [1.29, 1.82) is 0 Å². The summed E-state index contributed by atoms with van der Waals surface area (Å²) in [6, 6.07) is 9.19. The Kier molecular flexibility index (Phi) is 6.93. The highest BCUT2D eigenvalue weighted by Gasteiger charge is 2.42. The number of aliphatic carboxylic acids is 1. The van der Waals surface area contributed by atoms with E-state index in [0.717, 1.165) is 16.6 Å². The zero-order chi connectivity index (χ0) is 26.0. The van der Waals surface area contributed by atoms with Crippen LogP contribution in [0.3, 0.4) is 0 Å². The van der Waals surface area contributed by atoms with Crippen LogP contribution in [0.2, 0.25) is 0 Å². The van der Waals surface area contributed by atoms with Crippen molar-refractivity contribution < 1.29 is 33.0 Å². The maximum Gasteiger partial charge on any atom is 0.490 e. The van der Waals surface area contributed by atoms with Gasteiger partial charge in [0.05, 0.1) is 0 Å². The van der Waals surface area contributed by atoms with Crippen LogP contribution in [0.15, 0.2) is 36.5 Å². The first kappa shape index (κ1) is 25.4. The second kappa shape index (κ2) is 9.55. The molecule has 0 saturated carbocycles. The minimum absolute atomic E-state index is 0.300. The second-order valence-electron chi connectivity index (χ2n) is 7.70. The number of benzene rings is 1. The van der Waals surface area contributed by atoms with Gasteiger partial charge in [-0.2, -0.15) is 13.2 Å². The molecule has 35 heavy (non-hydrogen) atoms. The third-order valence-corrected chi connectivity index (χ3v) is 5.12. The van der Waals surface area contributed by atoms with Crippen molar-refractivity contribution >= 4 is 28.6 Å². The summed E-state index contributed by atoms with van der Waals surface area (Å²) in [5, 5.41) is 18.4. The van der Waals surface area contributed by atoms with Crippen LogP contribution in [-0.4, -0.2) is 67.3 Å². The first-order valence-corrected chi connectivity index (χ1v) is 10.1. The van der Waals surface area contributed by atoms with Crippen LogP contribution in [0.1, 0.15) is 17.7 Å². The summed E-state index contributed by atoms with van der Waals surface area (Å²) in [4.78, 5) is 35.7. The number of hydrogen-bond acceptors (Lipinski definition) is 7. The molecule has 1 aliphatic heterocycles. The summed E-state index contributed by atoms with van der Waals surface area (Å²) in [5.41, 5.74) is 7.19. The van der Waals surface area contributed by atoms with Crippen molar-refractivity contribution in [3.05, 3.63) is 47.8 Å². The molecule has 9 nitrogen and oxygen atoms in total. The number of carboxylic acid groups (broad SMARTS) is 1. The number of carboxylic acids is 1. The van der Waals surface area contributed by atoms with Crippen molar-refractivity contribution in [2.75, 3.05) is 19.3 Å². The highest BCUT2D eigenvalue weighted by molar-refractivity contribution is 5.91. The van der Waals surface area contributed by atoms with E-state index in [1.165, 1.54) is 4.90 Å². The van der Waals surface area contributed by atoms with E-state index in [4.69, 9.17) is 15.6 Å². The van der Waals surface area contributed by atoms with Crippen LogP contribution >= 0.6 is 0 Å². The second-order valence-corrected chi connectivity index (χ2v) is 7.70. The average molecular weight is 487 g/mol. The fourth-order valence-corrected chi connectivity index (χ4v) is 3.24. The fourth-order valence-electron chi connectivity index (χ4n) is 3.24. The molecule has 1 saturated heterocycles. The number of nitrogens with zero attached hydrogens (tertiary/aromatic N) is 4. The number of carbonyl (C=O) groups is 2. The number of halogens is 3. The van der Waals surface area contributed by atoms with Gasteiger partial charge < -0.3 is 20.8 Å². The van der Waals surface area contributed by atoms with Gasteiger partial charge in [-0.1, -0.05) is 24.0 Å². The van der Waals surface area contributed by atoms with Gasteiger partial charge in [0.25, 0.3) is 5.91 Å². The maximum absolute atomic E-state index is 12.1. The van der Waals surface area contributed by atoms with Crippen LogP contribution < -0.4 is 5.73 Å². The number of likely N-dealkylation sites (N-methyl/N-ethyl adjacent to an activating group) is 1. The Morgan fingerprint density at radius 1 is 1.26 bits per heavy atom. The number of aromatic nitrogens is 3. The van der Waals surface area contributed by atoms with Gasteiger partial charge in [0.15, 0.2) is 5.82 Å². The summed E-state index contributed by atoms with van der Waals surface area (Å²) in [7, 11) is 1.66. The number of rotatable bonds is 1. The van der Waals surface area contributed by atoms with Crippen molar-refractivity contribution in [3.63, 3.8) is 0 Å². The normalized spacial score (nSPS) is 17.4. The summed E-state index contributed by atoms with van der Waals surface area (Å²) in [6.07, 6.45) is -3.15. The van der Waals surface area contributed by atoms with E-state index in [1.54, 1.807) is 13.2 Å². The lowest BCUT2D eigenvalue weighted by molar-refractivity contribution is -0.192. The molecule has 12 heteroatoms. The molecule has 0 radical (unpaired) electrons. The first-order chi connectivity index (χ1) is 16.3. The Balaban J connectivity index is 0.000000429. The minimum atomic E-state index is -5.08. The molecule has 2 aromatic heterocycles. The van der Waals surface area contributed by atoms with Crippen molar-refractivity contribution in [2.45, 2.75) is 25.1 Å². The highest BCUT2D eigenvalue weighted by Crippen LogP contribution is 2.25. The molecule has 3 aromatic rings. The third-order valence-electron chi connectivity index (χ3n) is 5.12. The third kappa shape index (κ3) is 5.64. The predicted molar refractivity (Wildman–Crippen MR) is 120 cm³/mol. The lowest BCUT2D eigenvalue weighted by Gasteiger charge is -2.13. The first-order valence-electron chi connectivity index (χ1n) is 10.1. The number of aryl methyl sites for hydroxylation is 1. The van der Waals surface area contributed by atoms with Crippen molar-refractivity contribution in [2.24, 2.45) is 0 Å². The number of aliphatic hydroxyl groups is 1. The minimum Gasteiger partial charge on any atom is -0.475 e. The van der Waals surface area contributed by atoms with Crippen LogP contribution in [0.5, 0.6) is 0 Å². The quantitative estimate of drug-likeness (QED) is 0.443.